The third-order valence-electron chi connectivity index (χ3n) is 13.4. The lowest BCUT2D eigenvalue weighted by Crippen LogP contribution is -2.65. The number of hydrogen-bond acceptors (Lipinski definition) is 11. The molecule has 4 aromatic rings. The highest BCUT2D eigenvalue weighted by Crippen LogP contribution is 2.42. The Morgan fingerprint density at radius 1 is 1.13 bits per heavy atom. The zero-order chi connectivity index (χ0) is 48.5. The fourth-order valence-electron chi connectivity index (χ4n) is 10.1. The number of carbonyl (C=O) groups is 5. The third kappa shape index (κ3) is 10.1. The van der Waals surface area contributed by atoms with Crippen molar-refractivity contribution < 1.29 is 33.4 Å². The second-order valence-corrected chi connectivity index (χ2v) is 20.3. The number of ether oxygens (including phenoxy) is 2. The Morgan fingerprint density at radius 3 is 2.54 bits per heavy atom. The number of esters is 1. The van der Waals surface area contributed by atoms with Gasteiger partial charge in [0.2, 0.25) is 11.8 Å². The number of methoxy groups -OCH3 is 1. The molecule has 2 N–H and O–H groups in total. The van der Waals surface area contributed by atoms with E-state index in [2.05, 4.69) is 66.9 Å². The number of cyclic esters (lactones) is 1. The number of amides is 5. The maximum atomic E-state index is 14.7. The molecule has 2 saturated heterocycles. The number of likely N-dealkylation sites (N-methyl/N-ethyl adjacent to an activating group) is 1. The van der Waals surface area contributed by atoms with Crippen LogP contribution in [0.4, 0.5) is 4.79 Å². The Morgan fingerprint density at radius 2 is 1.87 bits per heavy atom. The van der Waals surface area contributed by atoms with Crippen molar-refractivity contribution in [3.8, 4) is 22.5 Å². The molecular formula is C50H67N9O7S. The maximum Gasteiger partial charge on any atom is 0.324 e. The van der Waals surface area contributed by atoms with Crippen molar-refractivity contribution in [2.24, 2.45) is 11.3 Å². The van der Waals surface area contributed by atoms with Gasteiger partial charge in [0.1, 0.15) is 18.1 Å². The molecule has 5 amide bonds. The van der Waals surface area contributed by atoms with E-state index in [0.29, 0.717) is 50.4 Å². The van der Waals surface area contributed by atoms with E-state index >= 15 is 0 Å². The van der Waals surface area contributed by atoms with E-state index in [1.54, 1.807) is 30.2 Å². The van der Waals surface area contributed by atoms with Gasteiger partial charge in [0.15, 0.2) is 0 Å². The Kier molecular flexibility index (Phi) is 14.9. The van der Waals surface area contributed by atoms with Crippen LogP contribution in [0.15, 0.2) is 54.6 Å². The molecule has 6 atom stereocenters. The lowest BCUT2D eigenvalue weighted by molar-refractivity contribution is -0.155. The molecule has 1 unspecified atom stereocenters. The number of nitrogens with zero attached hydrogens (tertiary/aromatic N) is 7. The van der Waals surface area contributed by atoms with Crippen LogP contribution in [0.3, 0.4) is 0 Å². The summed E-state index contributed by atoms with van der Waals surface area (Å²) in [6.07, 6.45) is 4.44. The van der Waals surface area contributed by atoms with Crippen LogP contribution in [0, 0.1) is 11.3 Å². The number of urea groups is 1. The topological polar surface area (TPSA) is 172 Å². The van der Waals surface area contributed by atoms with Crippen LogP contribution in [-0.4, -0.2) is 135 Å². The number of thiazole rings is 1. The minimum Gasteiger partial charge on any atom is -0.464 e. The van der Waals surface area contributed by atoms with Crippen molar-refractivity contribution in [3.63, 3.8) is 0 Å². The highest BCUT2D eigenvalue weighted by molar-refractivity contribution is 7.10. The number of benzene rings is 1. The Hall–Kier alpha value is -5.65. The normalized spacial score (nSPS) is 22.2. The van der Waals surface area contributed by atoms with E-state index in [1.807, 2.05) is 46.1 Å². The molecule has 1 aromatic carbocycles. The first-order chi connectivity index (χ1) is 31.9. The summed E-state index contributed by atoms with van der Waals surface area (Å²) in [4.78, 5) is 84.7. The molecule has 67 heavy (non-hydrogen) atoms. The van der Waals surface area contributed by atoms with Crippen molar-refractivity contribution in [1.82, 2.24) is 45.0 Å². The van der Waals surface area contributed by atoms with E-state index in [-0.39, 0.29) is 49.1 Å². The fraction of sp³-hybridized carbons (Fsp3) is 0.540. The molecular weight excluding hydrogens is 871 g/mol. The van der Waals surface area contributed by atoms with Crippen LogP contribution in [-0.2, 0) is 48.0 Å². The van der Waals surface area contributed by atoms with Gasteiger partial charge in [-0.25, -0.2) is 15.2 Å². The first kappa shape index (κ1) is 49.3. The smallest absolute Gasteiger partial charge is 0.324 e. The van der Waals surface area contributed by atoms with Gasteiger partial charge in [-0.2, -0.15) is 0 Å². The molecule has 0 radical (unpaired) electrons. The highest BCUT2D eigenvalue weighted by Gasteiger charge is 2.42. The van der Waals surface area contributed by atoms with Gasteiger partial charge < -0.3 is 34.1 Å². The molecule has 3 aliphatic heterocycles. The van der Waals surface area contributed by atoms with Gasteiger partial charge in [-0.05, 0) is 88.8 Å². The van der Waals surface area contributed by atoms with Crippen LogP contribution < -0.4 is 10.7 Å². The van der Waals surface area contributed by atoms with Crippen LogP contribution >= 0.6 is 11.3 Å². The van der Waals surface area contributed by atoms with Crippen LogP contribution in [0.2, 0.25) is 0 Å². The molecule has 7 rings (SSSR count). The summed E-state index contributed by atoms with van der Waals surface area (Å²) in [5, 5.41) is 8.11. The number of aromatic nitrogens is 3. The average molecular weight is 938 g/mol. The summed E-state index contributed by atoms with van der Waals surface area (Å²) >= 11 is 1.40. The van der Waals surface area contributed by atoms with Crippen molar-refractivity contribution in [2.75, 3.05) is 40.4 Å². The number of piperazine rings is 1. The summed E-state index contributed by atoms with van der Waals surface area (Å²) in [7, 11) is 3.29. The lowest BCUT2D eigenvalue weighted by Gasteiger charge is -2.46. The monoisotopic (exact) mass is 937 g/mol. The first-order valence-electron chi connectivity index (χ1n) is 23.5. The third-order valence-corrected chi connectivity index (χ3v) is 14.3. The summed E-state index contributed by atoms with van der Waals surface area (Å²) in [6, 6.07) is 6.57. The van der Waals surface area contributed by atoms with Gasteiger partial charge in [0.05, 0.1) is 34.8 Å². The lowest BCUT2D eigenvalue weighted by atomic mass is 9.84. The molecule has 3 aliphatic rings. The number of pyridine rings is 1. The molecule has 360 valence electrons. The number of fused-ring (bicyclic) bond motifs is 6. The van der Waals surface area contributed by atoms with Crippen LogP contribution in [0.1, 0.15) is 90.6 Å². The van der Waals surface area contributed by atoms with Crippen molar-refractivity contribution in [3.05, 3.63) is 70.8 Å². The van der Waals surface area contributed by atoms with Crippen molar-refractivity contribution >= 4 is 52.0 Å². The van der Waals surface area contributed by atoms with E-state index in [1.165, 1.54) is 27.3 Å². The molecule has 0 aliphatic carbocycles. The van der Waals surface area contributed by atoms with Crippen molar-refractivity contribution in [1.29, 1.82) is 0 Å². The minimum absolute atomic E-state index is 0.0673. The predicted molar refractivity (Wildman–Crippen MR) is 259 cm³/mol. The Labute approximate surface area is 398 Å². The molecule has 16 nitrogen and oxygen atoms in total. The number of aryl methyl sites for hydroxylation is 1. The largest absolute Gasteiger partial charge is 0.464 e. The standard InChI is InChI=1S/C50H67N9O7S/c1-12-42(60)56-25-30(5)59(31(6)26-56)49(64)55(10)44(29(3)4)46(61)53-38-23-41-52-39(27-67-41)33-18-19-40-35(22-33)36(45(57(40)13-2)34-16-14-20-51-43(34)32(7)65-11)24-50(8,9)28-66-48(63)37-17-15-21-58(54-37)47(38)62/h12,14,16,18-20,22,27,29-32,37-38,44,54H,1,13,15,17,21,23-26,28H2,2-11H3,(H,53,61)/t30-,31-,32+,37+,38+,44?/m1/s1. The second kappa shape index (κ2) is 20.3. The number of rotatable bonds is 9. The Balaban J connectivity index is 1.26. The molecule has 6 heterocycles. The zero-order valence-corrected chi connectivity index (χ0v) is 41.4. The second-order valence-electron chi connectivity index (χ2n) is 19.4. The summed E-state index contributed by atoms with van der Waals surface area (Å²) in [6.45, 7) is 21.2. The number of nitrogens with one attached hydrogen (secondary N) is 2. The van der Waals surface area contributed by atoms with E-state index in [9.17, 15) is 24.0 Å². The fourth-order valence-corrected chi connectivity index (χ4v) is 10.9. The van der Waals surface area contributed by atoms with E-state index in [0.717, 1.165) is 44.7 Å². The summed E-state index contributed by atoms with van der Waals surface area (Å²) in [5.41, 5.74) is 9.24. The van der Waals surface area contributed by atoms with Crippen LogP contribution in [0.5, 0.6) is 0 Å². The quantitative estimate of drug-likeness (QED) is 0.142. The molecule has 2 fully saturated rings. The van der Waals surface area contributed by atoms with Gasteiger partial charge in [0.25, 0.3) is 5.91 Å². The van der Waals surface area contributed by atoms with Gasteiger partial charge in [-0.3, -0.25) is 29.2 Å². The predicted octanol–water partition coefficient (Wildman–Crippen LogP) is 6.39. The van der Waals surface area contributed by atoms with E-state index < -0.39 is 41.3 Å². The highest BCUT2D eigenvalue weighted by atomic mass is 32.1. The molecule has 6 bridgehead atoms. The van der Waals surface area contributed by atoms with Gasteiger partial charge in [-0.1, -0.05) is 40.3 Å². The first-order valence-corrected chi connectivity index (χ1v) is 24.3. The Bertz CT molecular complexity index is 2500. The van der Waals surface area contributed by atoms with Crippen LogP contribution in [0.25, 0.3) is 33.4 Å². The van der Waals surface area contributed by atoms with Gasteiger partial charge in [-0.15, -0.1) is 11.3 Å². The molecule has 3 aromatic heterocycles. The SMILES string of the molecule is C=CC(=O)N1C[C@@H](C)N(C(=O)N(C)C(C(=O)N[C@H]2Cc3nc(cs3)-c3ccc4c(c3)c(c(-c3cccnc3[C@H](C)OC)n4CC)CC(C)(C)COC(=O)[C@@H]3CCCN(N3)C2=O)C(C)C)[C@H](C)C1. The average Bonchev–Trinajstić information content (AvgIpc) is 3.90. The maximum absolute atomic E-state index is 14.7. The van der Waals surface area contributed by atoms with Crippen molar-refractivity contribution in [2.45, 2.75) is 124 Å². The number of carbonyl (C=O) groups excluding carboxylic acids is 5. The van der Waals surface area contributed by atoms with Gasteiger partial charge >= 0.3 is 12.0 Å². The summed E-state index contributed by atoms with van der Waals surface area (Å²) < 4.78 is 14.2. The minimum atomic E-state index is -1.10. The number of hydrogen-bond donors (Lipinski definition) is 2. The molecule has 0 saturated carbocycles. The molecule has 0 spiro atoms. The van der Waals surface area contributed by atoms with Gasteiger partial charge in [0, 0.05) is 97.9 Å². The molecule has 17 heteroatoms. The van der Waals surface area contributed by atoms with E-state index in [4.69, 9.17) is 19.4 Å². The number of hydrazine groups is 1. The summed E-state index contributed by atoms with van der Waals surface area (Å²) in [5.74, 6) is -1.92. The zero-order valence-electron chi connectivity index (χ0n) is 40.6.